The Bertz CT molecular complexity index is 376. The van der Waals surface area contributed by atoms with E-state index in [1.165, 1.54) is 193 Å². The van der Waals surface area contributed by atoms with Gasteiger partial charge < -0.3 is 21.5 Å². The fourth-order valence-corrected chi connectivity index (χ4v) is 5.43. The molecule has 0 saturated carbocycles. The predicted octanol–water partition coefficient (Wildman–Crippen LogP) is 9.03. The van der Waals surface area contributed by atoms with Gasteiger partial charge in [-0.25, -0.2) is 0 Å². The van der Waals surface area contributed by atoms with Crippen LogP contribution in [-0.2, 0) is 0 Å². The summed E-state index contributed by atoms with van der Waals surface area (Å²) in [4.78, 5) is 0. The molecule has 1 nitrogen and oxygen atoms in total. The minimum absolute atomic E-state index is 0. The SMILES string of the molecule is CCCCCCCCCCCCCCCCCCCCCCCCCCCCCCC[N+](C)(C)C.[Br-]. The number of unbranched alkanes of at least 4 members (excludes halogenated alkanes) is 28. The van der Waals surface area contributed by atoms with Crippen LogP contribution in [0.25, 0.3) is 0 Å². The molecule has 0 aromatic heterocycles. The second-order valence-corrected chi connectivity index (χ2v) is 12.9. The lowest BCUT2D eigenvalue weighted by Crippen LogP contribution is -3.00. The van der Waals surface area contributed by atoms with Crippen molar-refractivity contribution >= 4 is 0 Å². The summed E-state index contributed by atoms with van der Waals surface area (Å²) >= 11 is 0. The van der Waals surface area contributed by atoms with Crippen molar-refractivity contribution in [1.29, 1.82) is 0 Å². The van der Waals surface area contributed by atoms with Crippen LogP contribution in [0.5, 0.6) is 0 Å². The van der Waals surface area contributed by atoms with Gasteiger partial charge in [0.2, 0.25) is 0 Å². The van der Waals surface area contributed by atoms with Crippen LogP contribution < -0.4 is 17.0 Å². The van der Waals surface area contributed by atoms with Gasteiger partial charge in [-0.3, -0.25) is 0 Å². The first-order chi connectivity index (χ1) is 17.1. The van der Waals surface area contributed by atoms with Gasteiger partial charge in [0.15, 0.2) is 0 Å². The van der Waals surface area contributed by atoms with Gasteiger partial charge in [-0.05, 0) is 12.8 Å². The maximum absolute atomic E-state index is 2.31. The van der Waals surface area contributed by atoms with Crippen LogP contribution in [0.4, 0.5) is 0 Å². The molecule has 0 aliphatic rings. The highest BCUT2D eigenvalue weighted by Gasteiger charge is 2.05. The smallest absolute Gasteiger partial charge is 0.0780 e. The molecule has 2 heteroatoms. The van der Waals surface area contributed by atoms with Crippen molar-refractivity contribution in [2.24, 2.45) is 0 Å². The van der Waals surface area contributed by atoms with Crippen LogP contribution in [-0.4, -0.2) is 32.2 Å². The Hall–Kier alpha value is 0.440. The largest absolute Gasteiger partial charge is 1.00 e. The third-order valence-corrected chi connectivity index (χ3v) is 7.93. The van der Waals surface area contributed by atoms with E-state index in [1.54, 1.807) is 0 Å². The van der Waals surface area contributed by atoms with E-state index in [9.17, 15) is 0 Å². The number of quaternary nitrogens is 1. The molecule has 0 aliphatic carbocycles. The maximum Gasteiger partial charge on any atom is 0.0780 e. The van der Waals surface area contributed by atoms with Gasteiger partial charge in [0.25, 0.3) is 0 Å². The standard InChI is InChI=1S/C34H72N.BrH/c1-5-6-7-8-9-10-11-12-13-14-15-16-17-18-19-20-21-22-23-24-25-26-27-28-29-30-31-32-33-34-35(2,3)4;/h5-34H2,1-4H3;1H/q+1;/p-1. The molecule has 0 aromatic carbocycles. The molecule has 0 saturated heterocycles. The van der Waals surface area contributed by atoms with Gasteiger partial charge >= 0.3 is 0 Å². The second kappa shape index (κ2) is 31.7. The first-order valence-electron chi connectivity index (χ1n) is 16.9. The molecule has 0 bridgehead atoms. The molecule has 220 valence electrons. The summed E-state index contributed by atoms with van der Waals surface area (Å²) in [6, 6.07) is 0. The summed E-state index contributed by atoms with van der Waals surface area (Å²) in [6.07, 6.45) is 42.8. The van der Waals surface area contributed by atoms with Crippen molar-refractivity contribution in [3.63, 3.8) is 0 Å². The molecule has 0 aromatic rings. The van der Waals surface area contributed by atoms with Crippen LogP contribution in [0.3, 0.4) is 0 Å². The highest BCUT2D eigenvalue weighted by atomic mass is 79.9. The number of rotatable bonds is 30. The van der Waals surface area contributed by atoms with E-state index in [4.69, 9.17) is 0 Å². The molecule has 0 rings (SSSR count). The average Bonchev–Trinajstić information content (AvgIpc) is 2.82. The Morgan fingerprint density at radius 1 is 0.278 bits per heavy atom. The van der Waals surface area contributed by atoms with E-state index in [-0.39, 0.29) is 17.0 Å². The van der Waals surface area contributed by atoms with E-state index in [0.29, 0.717) is 0 Å². The monoisotopic (exact) mass is 573 g/mol. The van der Waals surface area contributed by atoms with Gasteiger partial charge in [-0.15, -0.1) is 0 Å². The highest BCUT2D eigenvalue weighted by Crippen LogP contribution is 2.16. The van der Waals surface area contributed by atoms with Gasteiger partial charge in [-0.2, -0.15) is 0 Å². The molecule has 36 heavy (non-hydrogen) atoms. The van der Waals surface area contributed by atoms with Crippen molar-refractivity contribution in [2.45, 2.75) is 193 Å². The van der Waals surface area contributed by atoms with Crippen molar-refractivity contribution in [2.75, 3.05) is 27.7 Å². The molecule has 0 heterocycles. The summed E-state index contributed by atoms with van der Waals surface area (Å²) in [5.41, 5.74) is 0. The van der Waals surface area contributed by atoms with Crippen LogP contribution >= 0.6 is 0 Å². The average molecular weight is 575 g/mol. The summed E-state index contributed by atoms with van der Waals surface area (Å²) < 4.78 is 1.12. The van der Waals surface area contributed by atoms with Crippen molar-refractivity contribution in [1.82, 2.24) is 0 Å². The lowest BCUT2D eigenvalue weighted by molar-refractivity contribution is -0.870. The molecule has 0 amide bonds. The van der Waals surface area contributed by atoms with E-state index < -0.39 is 0 Å². The molecule has 0 unspecified atom stereocenters. The van der Waals surface area contributed by atoms with Gasteiger partial charge in [0.05, 0.1) is 27.7 Å². The zero-order valence-electron chi connectivity index (χ0n) is 26.0. The van der Waals surface area contributed by atoms with Crippen molar-refractivity contribution in [3.05, 3.63) is 0 Å². The normalized spacial score (nSPS) is 11.7. The molecular formula is C34H72BrN. The summed E-state index contributed by atoms with van der Waals surface area (Å²) in [7, 11) is 6.92. The number of nitrogens with zero attached hydrogens (tertiary/aromatic N) is 1. The minimum Gasteiger partial charge on any atom is -1.00 e. The summed E-state index contributed by atoms with van der Waals surface area (Å²) in [5.74, 6) is 0. The molecule has 0 radical (unpaired) electrons. The van der Waals surface area contributed by atoms with Crippen LogP contribution in [0.2, 0.25) is 0 Å². The highest BCUT2D eigenvalue weighted by molar-refractivity contribution is 4.52. The topological polar surface area (TPSA) is 0 Å². The minimum atomic E-state index is 0. The number of halogens is 1. The van der Waals surface area contributed by atoms with Crippen molar-refractivity contribution in [3.8, 4) is 0 Å². The number of hydrogen-bond donors (Lipinski definition) is 0. The Kier molecular flexibility index (Phi) is 33.9. The third-order valence-electron chi connectivity index (χ3n) is 7.93. The Labute approximate surface area is 241 Å². The zero-order chi connectivity index (χ0) is 25.7. The number of hydrogen-bond acceptors (Lipinski definition) is 0. The summed E-state index contributed by atoms with van der Waals surface area (Å²) in [5, 5.41) is 0. The van der Waals surface area contributed by atoms with Gasteiger partial charge in [0.1, 0.15) is 0 Å². The van der Waals surface area contributed by atoms with E-state index >= 15 is 0 Å². The van der Waals surface area contributed by atoms with Gasteiger partial charge in [0, 0.05) is 0 Å². The second-order valence-electron chi connectivity index (χ2n) is 12.9. The Morgan fingerprint density at radius 3 is 0.611 bits per heavy atom. The molecule has 0 N–H and O–H groups in total. The predicted molar refractivity (Wildman–Crippen MR) is 162 cm³/mol. The van der Waals surface area contributed by atoms with Crippen LogP contribution in [0, 0.1) is 0 Å². The Balaban J connectivity index is 0. The molecule has 0 spiro atoms. The Morgan fingerprint density at radius 2 is 0.444 bits per heavy atom. The quantitative estimate of drug-likeness (QED) is 0.0593. The van der Waals surface area contributed by atoms with Gasteiger partial charge in [-0.1, -0.05) is 180 Å². The lowest BCUT2D eigenvalue weighted by atomic mass is 10.0. The summed E-state index contributed by atoms with van der Waals surface area (Å²) in [6.45, 7) is 3.64. The first kappa shape index (κ1) is 38.6. The van der Waals surface area contributed by atoms with Crippen LogP contribution in [0.1, 0.15) is 193 Å². The molecule has 0 aliphatic heterocycles. The van der Waals surface area contributed by atoms with E-state index in [0.717, 1.165) is 4.48 Å². The fraction of sp³-hybridized carbons (Fsp3) is 1.00. The van der Waals surface area contributed by atoms with E-state index in [1.807, 2.05) is 0 Å². The molecular weight excluding hydrogens is 502 g/mol. The van der Waals surface area contributed by atoms with E-state index in [2.05, 4.69) is 28.1 Å². The fourth-order valence-electron chi connectivity index (χ4n) is 5.43. The molecule has 0 fully saturated rings. The molecule has 0 atom stereocenters. The lowest BCUT2D eigenvalue weighted by Gasteiger charge is -2.23. The zero-order valence-corrected chi connectivity index (χ0v) is 27.6. The van der Waals surface area contributed by atoms with Crippen molar-refractivity contribution < 1.29 is 21.5 Å². The third kappa shape index (κ3) is 36.6. The van der Waals surface area contributed by atoms with Crippen LogP contribution in [0.15, 0.2) is 0 Å². The first-order valence-corrected chi connectivity index (χ1v) is 16.9. The maximum atomic E-state index is 2.31.